The molecule has 126 valence electrons. The molecule has 0 unspecified atom stereocenters. The Morgan fingerprint density at radius 3 is 2.70 bits per heavy atom. The van der Waals surface area contributed by atoms with Gasteiger partial charge in [0.2, 0.25) is 5.91 Å². The lowest BCUT2D eigenvalue weighted by Gasteiger charge is -2.16. The summed E-state index contributed by atoms with van der Waals surface area (Å²) in [6.45, 7) is 11.7. The first-order chi connectivity index (χ1) is 10.8. The number of hydrogen-bond donors (Lipinski definition) is 1. The molecule has 0 bridgehead atoms. The second-order valence-electron chi connectivity index (χ2n) is 7.10. The molecule has 7 nitrogen and oxygen atoms in total. The van der Waals surface area contributed by atoms with Gasteiger partial charge >= 0.3 is 0 Å². The van der Waals surface area contributed by atoms with Crippen LogP contribution in [0.4, 0.5) is 5.82 Å². The number of aromatic nitrogens is 4. The van der Waals surface area contributed by atoms with Crippen LogP contribution in [0.15, 0.2) is 12.7 Å². The highest BCUT2D eigenvalue weighted by Crippen LogP contribution is 2.19. The molecular formula is C15H25N5O2Si. The molecule has 0 saturated carbocycles. The van der Waals surface area contributed by atoms with Gasteiger partial charge in [0.1, 0.15) is 18.6 Å². The summed E-state index contributed by atoms with van der Waals surface area (Å²) >= 11 is 0. The molecule has 0 atom stereocenters. The standard InChI is InChI=1S/C15H25N5O2Si/c1-11(2)15(21)19-14-12-13(16-8-17-14)18-9-20(12)10-22-6-7-23(3,4)5/h8-9,11H,6-7,10H2,1-5H3,(H,16,17,19,21). The maximum Gasteiger partial charge on any atom is 0.228 e. The van der Waals surface area contributed by atoms with Crippen molar-refractivity contribution < 1.29 is 9.53 Å². The van der Waals surface area contributed by atoms with Gasteiger partial charge in [-0.25, -0.2) is 15.0 Å². The van der Waals surface area contributed by atoms with Crippen LogP contribution in [0.5, 0.6) is 0 Å². The summed E-state index contributed by atoms with van der Waals surface area (Å²) in [4.78, 5) is 24.5. The molecule has 23 heavy (non-hydrogen) atoms. The predicted octanol–water partition coefficient (Wildman–Crippen LogP) is 2.73. The molecule has 0 fully saturated rings. The smallest absolute Gasteiger partial charge is 0.228 e. The lowest BCUT2D eigenvalue weighted by Crippen LogP contribution is -2.22. The van der Waals surface area contributed by atoms with Gasteiger partial charge in [-0.1, -0.05) is 33.5 Å². The van der Waals surface area contributed by atoms with Crippen molar-refractivity contribution in [1.82, 2.24) is 19.5 Å². The summed E-state index contributed by atoms with van der Waals surface area (Å²) in [7, 11) is -1.11. The van der Waals surface area contributed by atoms with Crippen molar-refractivity contribution in [2.24, 2.45) is 5.92 Å². The summed E-state index contributed by atoms with van der Waals surface area (Å²) in [5.74, 6) is 0.266. The van der Waals surface area contributed by atoms with E-state index in [1.807, 2.05) is 18.4 Å². The highest BCUT2D eigenvalue weighted by atomic mass is 28.3. The van der Waals surface area contributed by atoms with Crippen LogP contribution in [0.3, 0.4) is 0 Å². The lowest BCUT2D eigenvalue weighted by atomic mass is 10.2. The SMILES string of the molecule is CC(C)C(=O)Nc1ncnc2ncn(COCC[Si](C)(C)C)c12. The lowest BCUT2D eigenvalue weighted by molar-refractivity contribution is -0.118. The molecule has 0 spiro atoms. The fraction of sp³-hybridized carbons (Fsp3) is 0.600. The third-order valence-electron chi connectivity index (χ3n) is 3.40. The van der Waals surface area contributed by atoms with Crippen LogP contribution in [0.25, 0.3) is 11.2 Å². The Morgan fingerprint density at radius 1 is 1.30 bits per heavy atom. The van der Waals surface area contributed by atoms with E-state index in [2.05, 4.69) is 39.9 Å². The van der Waals surface area contributed by atoms with Crippen LogP contribution in [0, 0.1) is 5.92 Å². The number of nitrogens with one attached hydrogen (secondary N) is 1. The molecule has 1 N–H and O–H groups in total. The van der Waals surface area contributed by atoms with Gasteiger partial charge in [-0.2, -0.15) is 0 Å². The number of imidazole rings is 1. The minimum Gasteiger partial charge on any atom is -0.361 e. The minimum atomic E-state index is -1.11. The minimum absolute atomic E-state index is 0.0857. The third-order valence-corrected chi connectivity index (χ3v) is 5.11. The van der Waals surface area contributed by atoms with Crippen molar-refractivity contribution in [3.8, 4) is 0 Å². The number of nitrogens with zero attached hydrogens (tertiary/aromatic N) is 4. The van der Waals surface area contributed by atoms with Crippen molar-refractivity contribution in [3.05, 3.63) is 12.7 Å². The number of fused-ring (bicyclic) bond motifs is 1. The highest BCUT2D eigenvalue weighted by molar-refractivity contribution is 6.76. The van der Waals surface area contributed by atoms with Crippen molar-refractivity contribution in [2.45, 2.75) is 46.3 Å². The number of ether oxygens (including phenoxy) is 1. The average Bonchev–Trinajstić information content (AvgIpc) is 2.87. The molecule has 2 heterocycles. The fourth-order valence-corrected chi connectivity index (χ4v) is 2.66. The summed E-state index contributed by atoms with van der Waals surface area (Å²) < 4.78 is 7.59. The number of carbonyl (C=O) groups is 1. The van der Waals surface area contributed by atoms with Gasteiger partial charge in [0.25, 0.3) is 0 Å². The zero-order valence-corrected chi connectivity index (χ0v) is 15.5. The van der Waals surface area contributed by atoms with Gasteiger partial charge in [-0.3, -0.25) is 4.79 Å². The van der Waals surface area contributed by atoms with Crippen molar-refractivity contribution in [3.63, 3.8) is 0 Å². The molecular weight excluding hydrogens is 310 g/mol. The maximum absolute atomic E-state index is 11.9. The summed E-state index contributed by atoms with van der Waals surface area (Å²) in [6, 6.07) is 1.10. The molecule has 2 aromatic heterocycles. The van der Waals surface area contributed by atoms with Crippen LogP contribution >= 0.6 is 0 Å². The van der Waals surface area contributed by atoms with E-state index in [1.54, 1.807) is 6.33 Å². The van der Waals surface area contributed by atoms with E-state index in [4.69, 9.17) is 4.74 Å². The molecule has 2 aromatic rings. The predicted molar refractivity (Wildman–Crippen MR) is 92.9 cm³/mol. The van der Waals surface area contributed by atoms with Crippen LogP contribution in [0.2, 0.25) is 25.7 Å². The first-order valence-corrected chi connectivity index (χ1v) is 11.5. The van der Waals surface area contributed by atoms with Crippen LogP contribution < -0.4 is 5.32 Å². The zero-order chi connectivity index (χ0) is 17.0. The summed E-state index contributed by atoms with van der Waals surface area (Å²) in [6.07, 6.45) is 3.07. The summed E-state index contributed by atoms with van der Waals surface area (Å²) in [5.41, 5.74) is 1.24. The quantitative estimate of drug-likeness (QED) is 0.621. The van der Waals surface area contributed by atoms with E-state index in [9.17, 15) is 4.79 Å². The zero-order valence-electron chi connectivity index (χ0n) is 14.5. The van der Waals surface area contributed by atoms with Crippen molar-refractivity contribution in [2.75, 3.05) is 11.9 Å². The largest absolute Gasteiger partial charge is 0.361 e. The number of hydrogen-bond acceptors (Lipinski definition) is 5. The number of carbonyl (C=O) groups excluding carboxylic acids is 1. The fourth-order valence-electron chi connectivity index (χ4n) is 1.90. The van der Waals surface area contributed by atoms with Gasteiger partial charge in [-0.15, -0.1) is 0 Å². The second-order valence-corrected chi connectivity index (χ2v) is 12.7. The van der Waals surface area contributed by atoms with Crippen LogP contribution in [-0.4, -0.2) is 40.1 Å². The Kier molecular flexibility index (Phi) is 5.48. The van der Waals surface area contributed by atoms with Gasteiger partial charge in [0.15, 0.2) is 11.5 Å². The Morgan fingerprint density at radius 2 is 2.04 bits per heavy atom. The van der Waals surface area contributed by atoms with E-state index in [0.717, 1.165) is 12.7 Å². The molecule has 8 heteroatoms. The monoisotopic (exact) mass is 335 g/mol. The van der Waals surface area contributed by atoms with Gasteiger partial charge in [0, 0.05) is 20.6 Å². The van der Waals surface area contributed by atoms with E-state index < -0.39 is 8.07 Å². The summed E-state index contributed by atoms with van der Waals surface area (Å²) in [5, 5.41) is 2.83. The average molecular weight is 335 g/mol. The molecule has 0 radical (unpaired) electrons. The van der Waals surface area contributed by atoms with E-state index in [-0.39, 0.29) is 11.8 Å². The van der Waals surface area contributed by atoms with Crippen LogP contribution in [0.1, 0.15) is 13.8 Å². The third kappa shape index (κ3) is 4.83. The molecule has 1 amide bonds. The Labute approximate surface area is 137 Å². The Hall–Kier alpha value is -1.80. The Bertz CT molecular complexity index is 678. The van der Waals surface area contributed by atoms with Gasteiger partial charge in [-0.05, 0) is 6.04 Å². The number of anilines is 1. The van der Waals surface area contributed by atoms with Crippen molar-refractivity contribution >= 4 is 31.0 Å². The van der Waals surface area contributed by atoms with E-state index >= 15 is 0 Å². The first kappa shape index (κ1) is 17.5. The van der Waals surface area contributed by atoms with E-state index in [1.165, 1.54) is 6.33 Å². The van der Waals surface area contributed by atoms with Gasteiger partial charge in [0.05, 0.1) is 6.33 Å². The Balaban J connectivity index is 2.13. The van der Waals surface area contributed by atoms with E-state index in [0.29, 0.717) is 23.7 Å². The number of amides is 1. The second kappa shape index (κ2) is 7.18. The first-order valence-electron chi connectivity index (χ1n) is 7.82. The number of rotatable bonds is 7. The normalized spacial score (nSPS) is 12.1. The van der Waals surface area contributed by atoms with Crippen LogP contribution in [-0.2, 0) is 16.3 Å². The topological polar surface area (TPSA) is 81.9 Å². The molecule has 0 saturated heterocycles. The molecule has 2 rings (SSSR count). The van der Waals surface area contributed by atoms with Crippen molar-refractivity contribution in [1.29, 1.82) is 0 Å². The molecule has 0 aliphatic carbocycles. The molecule has 0 aliphatic rings. The highest BCUT2D eigenvalue weighted by Gasteiger charge is 2.16. The molecule has 0 aromatic carbocycles. The van der Waals surface area contributed by atoms with Gasteiger partial charge < -0.3 is 14.6 Å². The molecule has 0 aliphatic heterocycles. The maximum atomic E-state index is 11.9.